The van der Waals surface area contributed by atoms with Crippen molar-refractivity contribution in [3.05, 3.63) is 46.5 Å². The molecule has 1 atom stereocenters. The number of nitrogens with two attached hydrogens (primary N) is 1. The maximum atomic E-state index is 11.8. The first-order chi connectivity index (χ1) is 9.61. The van der Waals surface area contributed by atoms with Crippen LogP contribution in [0.1, 0.15) is 17.9 Å². The molecule has 0 saturated carbocycles. The average molecular weight is 287 g/mol. The summed E-state index contributed by atoms with van der Waals surface area (Å²) in [6.07, 6.45) is 0.230. The van der Waals surface area contributed by atoms with Gasteiger partial charge in [-0.3, -0.25) is 9.59 Å². The molecule has 1 aliphatic heterocycles. The third-order valence-electron chi connectivity index (χ3n) is 2.92. The zero-order valence-corrected chi connectivity index (χ0v) is 11.4. The van der Waals surface area contributed by atoms with Gasteiger partial charge in [0, 0.05) is 12.3 Å². The average Bonchev–Trinajstić information content (AvgIpc) is 2.45. The fourth-order valence-corrected chi connectivity index (χ4v) is 2.86. The Kier molecular flexibility index (Phi) is 4.43. The summed E-state index contributed by atoms with van der Waals surface area (Å²) in [5, 5.41) is 12.4. The summed E-state index contributed by atoms with van der Waals surface area (Å²) in [7, 11) is 0. The smallest absolute Gasteiger partial charge is 0.227 e. The molecule has 5 nitrogen and oxygen atoms in total. The zero-order chi connectivity index (χ0) is 14.5. The summed E-state index contributed by atoms with van der Waals surface area (Å²) in [6, 6.07) is 11.5. The van der Waals surface area contributed by atoms with Crippen LogP contribution in [0.2, 0.25) is 0 Å². The number of thioether (sulfide) groups is 1. The molecule has 0 unspecified atom stereocenters. The molecule has 0 saturated heterocycles. The van der Waals surface area contributed by atoms with Crippen molar-refractivity contribution in [2.45, 2.75) is 12.3 Å². The van der Waals surface area contributed by atoms with Gasteiger partial charge in [-0.05, 0) is 5.56 Å². The van der Waals surface area contributed by atoms with E-state index in [4.69, 9.17) is 5.73 Å². The van der Waals surface area contributed by atoms with E-state index in [2.05, 4.69) is 11.4 Å². The summed E-state index contributed by atoms with van der Waals surface area (Å²) in [4.78, 5) is 22.6. The lowest BCUT2D eigenvalue weighted by molar-refractivity contribution is -0.121. The first kappa shape index (κ1) is 14.2. The lowest BCUT2D eigenvalue weighted by Crippen LogP contribution is -2.31. The number of allylic oxidation sites excluding steroid dienone is 1. The quantitative estimate of drug-likeness (QED) is 0.871. The van der Waals surface area contributed by atoms with Gasteiger partial charge in [0.1, 0.15) is 0 Å². The molecule has 2 rings (SSSR count). The van der Waals surface area contributed by atoms with Gasteiger partial charge < -0.3 is 11.1 Å². The Balaban J connectivity index is 2.36. The Labute approximate surface area is 120 Å². The van der Waals surface area contributed by atoms with E-state index in [0.29, 0.717) is 10.6 Å². The van der Waals surface area contributed by atoms with E-state index in [0.717, 1.165) is 17.3 Å². The third kappa shape index (κ3) is 3.19. The number of hydrogen-bond donors (Lipinski definition) is 2. The second kappa shape index (κ2) is 6.26. The standard InChI is InChI=1S/C14H13N3O2S/c15-7-11-10(9-4-2-1-3-5-9)6-13(19)17-14(11)20-8-12(16)18/h1-5,10H,6,8H2,(H2,16,18)(H,17,19)/t10-/m1/s1. The molecular formula is C14H13N3O2S. The topological polar surface area (TPSA) is 96.0 Å². The molecule has 1 aromatic carbocycles. The number of benzene rings is 1. The maximum Gasteiger partial charge on any atom is 0.227 e. The van der Waals surface area contributed by atoms with Crippen molar-refractivity contribution in [1.82, 2.24) is 5.32 Å². The van der Waals surface area contributed by atoms with Crippen LogP contribution in [0.15, 0.2) is 40.9 Å². The fourth-order valence-electron chi connectivity index (χ4n) is 2.05. The second-order valence-corrected chi connectivity index (χ2v) is 5.31. The normalized spacial score (nSPS) is 18.4. The van der Waals surface area contributed by atoms with Crippen LogP contribution in [0, 0.1) is 11.3 Å². The third-order valence-corrected chi connectivity index (χ3v) is 3.96. The molecule has 1 heterocycles. The predicted molar refractivity (Wildman–Crippen MR) is 76.2 cm³/mol. The van der Waals surface area contributed by atoms with Gasteiger partial charge in [-0.2, -0.15) is 5.26 Å². The Morgan fingerprint density at radius 1 is 1.45 bits per heavy atom. The SMILES string of the molecule is N#CC1=C(SCC(N)=O)NC(=O)C[C@@H]1c1ccccc1. The Bertz CT molecular complexity index is 605. The van der Waals surface area contributed by atoms with Crippen molar-refractivity contribution >= 4 is 23.6 Å². The Morgan fingerprint density at radius 3 is 2.75 bits per heavy atom. The lowest BCUT2D eigenvalue weighted by Gasteiger charge is -2.24. The van der Waals surface area contributed by atoms with E-state index in [1.165, 1.54) is 0 Å². The molecule has 20 heavy (non-hydrogen) atoms. The van der Waals surface area contributed by atoms with Gasteiger partial charge in [0.15, 0.2) is 0 Å². The van der Waals surface area contributed by atoms with Crippen molar-refractivity contribution in [3.63, 3.8) is 0 Å². The highest BCUT2D eigenvalue weighted by Gasteiger charge is 2.29. The summed E-state index contributed by atoms with van der Waals surface area (Å²) in [6.45, 7) is 0. The molecule has 102 valence electrons. The molecule has 6 heteroatoms. The van der Waals surface area contributed by atoms with Crippen molar-refractivity contribution in [1.29, 1.82) is 5.26 Å². The van der Waals surface area contributed by atoms with Crippen molar-refractivity contribution in [2.24, 2.45) is 5.73 Å². The number of nitriles is 1. The minimum Gasteiger partial charge on any atom is -0.369 e. The molecule has 3 N–H and O–H groups in total. The van der Waals surface area contributed by atoms with Gasteiger partial charge >= 0.3 is 0 Å². The molecule has 0 aliphatic carbocycles. The van der Waals surface area contributed by atoms with E-state index in [9.17, 15) is 14.9 Å². The first-order valence-electron chi connectivity index (χ1n) is 6.02. The lowest BCUT2D eigenvalue weighted by atomic mass is 9.87. The number of amides is 2. The van der Waals surface area contributed by atoms with Gasteiger partial charge in [-0.15, -0.1) is 0 Å². The van der Waals surface area contributed by atoms with E-state index < -0.39 is 5.91 Å². The van der Waals surface area contributed by atoms with Crippen LogP contribution in [0.3, 0.4) is 0 Å². The number of nitrogens with one attached hydrogen (secondary N) is 1. The van der Waals surface area contributed by atoms with Crippen LogP contribution < -0.4 is 11.1 Å². The number of hydrogen-bond acceptors (Lipinski definition) is 4. The molecule has 1 aliphatic rings. The second-order valence-electron chi connectivity index (χ2n) is 4.33. The van der Waals surface area contributed by atoms with Gasteiger partial charge in [0.25, 0.3) is 0 Å². The number of nitrogens with zero attached hydrogens (tertiary/aromatic N) is 1. The molecular weight excluding hydrogens is 274 g/mol. The summed E-state index contributed by atoms with van der Waals surface area (Å²) < 4.78 is 0. The van der Waals surface area contributed by atoms with E-state index >= 15 is 0 Å². The molecule has 1 aromatic rings. The Hall–Kier alpha value is -2.26. The highest BCUT2D eigenvalue weighted by atomic mass is 32.2. The molecule has 2 amide bonds. The highest BCUT2D eigenvalue weighted by molar-refractivity contribution is 8.03. The van der Waals surface area contributed by atoms with Crippen LogP contribution in [-0.2, 0) is 9.59 Å². The molecule has 0 fully saturated rings. The van der Waals surface area contributed by atoms with Crippen molar-refractivity contribution in [2.75, 3.05) is 5.75 Å². The van der Waals surface area contributed by atoms with Crippen LogP contribution >= 0.6 is 11.8 Å². The maximum absolute atomic E-state index is 11.8. The Morgan fingerprint density at radius 2 is 2.15 bits per heavy atom. The molecule has 0 spiro atoms. The summed E-state index contributed by atoms with van der Waals surface area (Å²) in [5.74, 6) is -0.895. The van der Waals surface area contributed by atoms with E-state index in [1.807, 2.05) is 30.3 Å². The largest absolute Gasteiger partial charge is 0.369 e. The van der Waals surface area contributed by atoms with Gasteiger partial charge in [0.2, 0.25) is 11.8 Å². The monoisotopic (exact) mass is 287 g/mol. The van der Waals surface area contributed by atoms with Crippen molar-refractivity contribution < 1.29 is 9.59 Å². The summed E-state index contributed by atoms with van der Waals surface area (Å²) >= 11 is 1.09. The van der Waals surface area contributed by atoms with Gasteiger partial charge in [0.05, 0.1) is 22.4 Å². The zero-order valence-electron chi connectivity index (χ0n) is 10.6. The van der Waals surface area contributed by atoms with Crippen LogP contribution in [0.4, 0.5) is 0 Å². The van der Waals surface area contributed by atoms with Crippen LogP contribution in [0.5, 0.6) is 0 Å². The predicted octanol–water partition coefficient (Wildman–Crippen LogP) is 1.24. The minimum atomic E-state index is -0.490. The van der Waals surface area contributed by atoms with Gasteiger partial charge in [-0.25, -0.2) is 0 Å². The van der Waals surface area contributed by atoms with Crippen molar-refractivity contribution in [3.8, 4) is 6.07 Å². The number of carbonyl (C=O) groups is 2. The van der Waals surface area contributed by atoms with E-state index in [1.54, 1.807) is 0 Å². The first-order valence-corrected chi connectivity index (χ1v) is 7.00. The minimum absolute atomic E-state index is 0.0301. The van der Waals surface area contributed by atoms with Crippen LogP contribution in [0.25, 0.3) is 0 Å². The fraction of sp³-hybridized carbons (Fsp3) is 0.214. The molecule has 0 aromatic heterocycles. The number of rotatable bonds is 4. The molecule has 0 radical (unpaired) electrons. The highest BCUT2D eigenvalue weighted by Crippen LogP contribution is 2.35. The van der Waals surface area contributed by atoms with Gasteiger partial charge in [-0.1, -0.05) is 42.1 Å². The molecule has 0 bridgehead atoms. The van der Waals surface area contributed by atoms with Crippen LogP contribution in [-0.4, -0.2) is 17.6 Å². The summed E-state index contributed by atoms with van der Waals surface area (Å²) in [5.41, 5.74) is 6.49. The number of primary amides is 1. The van der Waals surface area contributed by atoms with E-state index in [-0.39, 0.29) is 24.0 Å². The number of carbonyl (C=O) groups excluding carboxylic acids is 2.